The third-order valence-corrected chi connectivity index (χ3v) is 2.34. The molecule has 0 aliphatic carbocycles. The van der Waals surface area contributed by atoms with Crippen LogP contribution in [-0.4, -0.2) is 22.2 Å². The summed E-state index contributed by atoms with van der Waals surface area (Å²) in [6.07, 6.45) is -2.69. The molecule has 2 nitrogen and oxygen atoms in total. The van der Waals surface area contributed by atoms with Gasteiger partial charge in [-0.3, -0.25) is 0 Å². The average Bonchev–Trinajstić information content (AvgIpc) is 2.24. The monoisotopic (exact) mass is 254 g/mol. The van der Waals surface area contributed by atoms with E-state index in [1.165, 1.54) is 0 Å². The van der Waals surface area contributed by atoms with Crippen molar-refractivity contribution < 1.29 is 23.4 Å². The van der Waals surface area contributed by atoms with Gasteiger partial charge in [-0.15, -0.1) is 11.6 Å². The lowest BCUT2D eigenvalue weighted by molar-refractivity contribution is 0.0166. The van der Waals surface area contributed by atoms with E-state index in [0.717, 1.165) is 0 Å². The SMILES string of the molecule is OC(CCCl)C(O)c1cc(F)c(F)c(F)c1. The van der Waals surface area contributed by atoms with E-state index in [4.69, 9.17) is 11.6 Å². The van der Waals surface area contributed by atoms with Gasteiger partial charge in [-0.25, -0.2) is 13.2 Å². The van der Waals surface area contributed by atoms with E-state index in [1.54, 1.807) is 0 Å². The second kappa shape index (κ2) is 5.52. The molecule has 0 saturated carbocycles. The number of hydrogen-bond acceptors (Lipinski definition) is 2. The molecule has 1 rings (SSSR count). The van der Waals surface area contributed by atoms with Crippen molar-refractivity contribution in [3.05, 3.63) is 35.1 Å². The zero-order valence-corrected chi connectivity index (χ0v) is 8.89. The van der Waals surface area contributed by atoms with Crippen LogP contribution in [0.2, 0.25) is 0 Å². The molecule has 0 heterocycles. The van der Waals surface area contributed by atoms with Crippen molar-refractivity contribution in [1.29, 1.82) is 0 Å². The Labute approximate surface area is 95.3 Å². The van der Waals surface area contributed by atoms with Gasteiger partial charge in [0.25, 0.3) is 0 Å². The van der Waals surface area contributed by atoms with Crippen LogP contribution < -0.4 is 0 Å². The topological polar surface area (TPSA) is 40.5 Å². The van der Waals surface area contributed by atoms with Crippen molar-refractivity contribution in [2.45, 2.75) is 18.6 Å². The molecule has 0 aromatic heterocycles. The molecule has 0 aliphatic rings. The fraction of sp³-hybridized carbons (Fsp3) is 0.400. The molecule has 6 heteroatoms. The van der Waals surface area contributed by atoms with Gasteiger partial charge in [0.05, 0.1) is 6.10 Å². The molecule has 1 aromatic carbocycles. The summed E-state index contributed by atoms with van der Waals surface area (Å²) >= 11 is 5.34. The summed E-state index contributed by atoms with van der Waals surface area (Å²) in [4.78, 5) is 0. The van der Waals surface area contributed by atoms with Crippen LogP contribution in [-0.2, 0) is 0 Å². The quantitative estimate of drug-likeness (QED) is 0.638. The summed E-state index contributed by atoms with van der Waals surface area (Å²) in [5.74, 6) is -4.34. The molecule has 16 heavy (non-hydrogen) atoms. The van der Waals surface area contributed by atoms with Crippen LogP contribution in [0.15, 0.2) is 12.1 Å². The summed E-state index contributed by atoms with van der Waals surface area (Å²) in [5.41, 5.74) is -0.228. The van der Waals surface area contributed by atoms with Gasteiger partial charge in [0, 0.05) is 5.88 Å². The van der Waals surface area contributed by atoms with Gasteiger partial charge >= 0.3 is 0 Å². The number of alkyl halides is 1. The number of rotatable bonds is 4. The van der Waals surface area contributed by atoms with Gasteiger partial charge in [-0.05, 0) is 24.1 Å². The molecule has 2 atom stereocenters. The molecule has 0 amide bonds. The second-order valence-electron chi connectivity index (χ2n) is 3.29. The number of hydrogen-bond donors (Lipinski definition) is 2. The van der Waals surface area contributed by atoms with Crippen molar-refractivity contribution in [2.24, 2.45) is 0 Å². The Kier molecular flexibility index (Phi) is 4.58. The highest BCUT2D eigenvalue weighted by Gasteiger charge is 2.21. The first-order valence-corrected chi connectivity index (χ1v) is 5.07. The normalized spacial score (nSPS) is 14.9. The Morgan fingerprint density at radius 2 is 1.62 bits per heavy atom. The standard InChI is InChI=1S/C10H10ClF3O2/c11-2-1-8(15)10(16)5-3-6(12)9(14)7(13)4-5/h3-4,8,10,15-16H,1-2H2. The zero-order chi connectivity index (χ0) is 12.3. The Bertz CT molecular complexity index is 350. The van der Waals surface area contributed by atoms with Crippen LogP contribution in [0.5, 0.6) is 0 Å². The third-order valence-electron chi connectivity index (χ3n) is 2.12. The van der Waals surface area contributed by atoms with E-state index >= 15 is 0 Å². The van der Waals surface area contributed by atoms with Gasteiger partial charge < -0.3 is 10.2 Å². The molecule has 0 saturated heterocycles. The second-order valence-corrected chi connectivity index (χ2v) is 3.67. The summed E-state index contributed by atoms with van der Waals surface area (Å²) in [5, 5.41) is 18.8. The minimum absolute atomic E-state index is 0.0589. The largest absolute Gasteiger partial charge is 0.390 e. The van der Waals surface area contributed by atoms with E-state index in [2.05, 4.69) is 0 Å². The minimum Gasteiger partial charge on any atom is -0.390 e. The Hall–Kier alpha value is -0.780. The first-order chi connectivity index (χ1) is 7.47. The lowest BCUT2D eigenvalue weighted by atomic mass is 10.0. The van der Waals surface area contributed by atoms with Crippen LogP contribution in [0.4, 0.5) is 13.2 Å². The summed E-state index contributed by atoms with van der Waals surface area (Å²) in [6, 6.07) is 1.28. The number of benzene rings is 1. The maximum atomic E-state index is 12.8. The molecule has 2 unspecified atom stereocenters. The molecule has 0 radical (unpaired) electrons. The summed E-state index contributed by atoms with van der Waals surface area (Å²) in [6.45, 7) is 0. The highest BCUT2D eigenvalue weighted by molar-refractivity contribution is 6.17. The fourth-order valence-electron chi connectivity index (χ4n) is 1.24. The smallest absolute Gasteiger partial charge is 0.194 e. The van der Waals surface area contributed by atoms with Gasteiger partial charge in [0.15, 0.2) is 17.5 Å². The van der Waals surface area contributed by atoms with Crippen molar-refractivity contribution in [3.8, 4) is 0 Å². The first kappa shape index (κ1) is 13.3. The molecule has 90 valence electrons. The molecular formula is C10H10ClF3O2. The van der Waals surface area contributed by atoms with Gasteiger partial charge in [0.2, 0.25) is 0 Å². The zero-order valence-electron chi connectivity index (χ0n) is 8.13. The molecule has 0 aliphatic heterocycles. The highest BCUT2D eigenvalue weighted by atomic mass is 35.5. The molecule has 0 fully saturated rings. The van der Waals surface area contributed by atoms with Crippen LogP contribution in [0.3, 0.4) is 0 Å². The van der Waals surface area contributed by atoms with Gasteiger partial charge in [0.1, 0.15) is 6.10 Å². The molecule has 1 aromatic rings. The van der Waals surface area contributed by atoms with E-state index in [1.807, 2.05) is 0 Å². The van der Waals surface area contributed by atoms with E-state index in [0.29, 0.717) is 12.1 Å². The average molecular weight is 255 g/mol. The maximum absolute atomic E-state index is 12.8. The minimum atomic E-state index is -1.61. The van der Waals surface area contributed by atoms with Gasteiger partial charge in [-0.2, -0.15) is 0 Å². The lowest BCUT2D eigenvalue weighted by Crippen LogP contribution is -2.19. The van der Waals surface area contributed by atoms with Crippen molar-refractivity contribution >= 4 is 11.6 Å². The van der Waals surface area contributed by atoms with Crippen LogP contribution in [0.1, 0.15) is 18.1 Å². The predicted octanol–water partition coefficient (Wildman–Crippen LogP) is 2.13. The van der Waals surface area contributed by atoms with E-state index in [9.17, 15) is 23.4 Å². The summed E-state index contributed by atoms with van der Waals surface area (Å²) in [7, 11) is 0. The Morgan fingerprint density at radius 3 is 2.06 bits per heavy atom. The Morgan fingerprint density at radius 1 is 1.12 bits per heavy atom. The van der Waals surface area contributed by atoms with Crippen molar-refractivity contribution in [1.82, 2.24) is 0 Å². The number of halogens is 4. The molecule has 2 N–H and O–H groups in total. The third kappa shape index (κ3) is 2.87. The van der Waals surface area contributed by atoms with Crippen LogP contribution in [0.25, 0.3) is 0 Å². The lowest BCUT2D eigenvalue weighted by Gasteiger charge is -2.17. The molecule has 0 bridgehead atoms. The van der Waals surface area contributed by atoms with Crippen LogP contribution in [0, 0.1) is 17.5 Å². The molecule has 0 spiro atoms. The number of aliphatic hydroxyl groups excluding tert-OH is 2. The van der Waals surface area contributed by atoms with Gasteiger partial charge in [-0.1, -0.05) is 0 Å². The van der Waals surface area contributed by atoms with Crippen molar-refractivity contribution in [3.63, 3.8) is 0 Å². The van der Waals surface area contributed by atoms with Crippen molar-refractivity contribution in [2.75, 3.05) is 5.88 Å². The van der Waals surface area contributed by atoms with Crippen LogP contribution >= 0.6 is 11.6 Å². The first-order valence-electron chi connectivity index (χ1n) is 4.54. The number of aliphatic hydroxyl groups is 2. The predicted molar refractivity (Wildman–Crippen MR) is 52.6 cm³/mol. The Balaban J connectivity index is 2.96. The molecular weight excluding hydrogens is 245 g/mol. The van der Waals surface area contributed by atoms with E-state index in [-0.39, 0.29) is 17.9 Å². The van der Waals surface area contributed by atoms with E-state index < -0.39 is 29.7 Å². The summed E-state index contributed by atoms with van der Waals surface area (Å²) < 4.78 is 38.2. The fourth-order valence-corrected chi connectivity index (χ4v) is 1.46. The maximum Gasteiger partial charge on any atom is 0.194 e. The highest BCUT2D eigenvalue weighted by Crippen LogP contribution is 2.23.